The summed E-state index contributed by atoms with van der Waals surface area (Å²) in [6.07, 6.45) is 2.02. The van der Waals surface area contributed by atoms with Crippen LogP contribution in [0.1, 0.15) is 45.1 Å². The van der Waals surface area contributed by atoms with E-state index in [1.165, 1.54) is 0 Å². The van der Waals surface area contributed by atoms with Crippen molar-refractivity contribution in [2.75, 3.05) is 0 Å². The zero-order valence-electron chi connectivity index (χ0n) is 16.4. The molecule has 1 aliphatic carbocycles. The third kappa shape index (κ3) is 3.36. The number of benzene rings is 1. The number of fused-ring (bicyclic) bond motifs is 5. The molecule has 7 atom stereocenters. The van der Waals surface area contributed by atoms with Crippen LogP contribution in [0, 0.1) is 11.8 Å². The minimum absolute atomic E-state index is 0.0617. The highest BCUT2D eigenvalue weighted by atomic mass is 16.8. The smallest absolute Gasteiger partial charge is 0.306 e. The molecule has 152 valence electrons. The molecule has 0 aromatic heterocycles. The van der Waals surface area contributed by atoms with Crippen LogP contribution >= 0.6 is 0 Å². The van der Waals surface area contributed by atoms with Crippen molar-refractivity contribution < 1.29 is 28.5 Å². The van der Waals surface area contributed by atoms with Crippen LogP contribution in [0.15, 0.2) is 30.3 Å². The van der Waals surface area contributed by atoms with Crippen molar-refractivity contribution in [3.05, 3.63) is 35.9 Å². The van der Waals surface area contributed by atoms with Gasteiger partial charge in [0, 0.05) is 6.42 Å². The van der Waals surface area contributed by atoms with E-state index in [0.717, 1.165) is 24.8 Å². The lowest BCUT2D eigenvalue weighted by molar-refractivity contribution is -0.242. The molecule has 0 radical (unpaired) electrons. The summed E-state index contributed by atoms with van der Waals surface area (Å²) in [6, 6.07) is 10.2. The molecule has 4 fully saturated rings. The first-order valence-electron chi connectivity index (χ1n) is 10.4. The van der Waals surface area contributed by atoms with Gasteiger partial charge in [0.1, 0.15) is 12.2 Å². The van der Waals surface area contributed by atoms with Crippen LogP contribution in [-0.4, -0.2) is 42.5 Å². The first-order valence-corrected chi connectivity index (χ1v) is 10.4. The van der Waals surface area contributed by atoms with E-state index < -0.39 is 12.1 Å². The van der Waals surface area contributed by atoms with Gasteiger partial charge in [-0.2, -0.15) is 0 Å². The van der Waals surface area contributed by atoms with Crippen molar-refractivity contribution in [2.24, 2.45) is 11.8 Å². The minimum atomic E-state index is -0.692. The van der Waals surface area contributed by atoms with Gasteiger partial charge in [-0.25, -0.2) is 0 Å². The Kier molecular flexibility index (Phi) is 4.70. The van der Waals surface area contributed by atoms with Crippen molar-refractivity contribution in [1.29, 1.82) is 0 Å². The molecule has 4 aliphatic rings. The fourth-order valence-electron chi connectivity index (χ4n) is 5.26. The van der Waals surface area contributed by atoms with Crippen molar-refractivity contribution in [3.8, 4) is 0 Å². The Labute approximate surface area is 165 Å². The lowest BCUT2D eigenvalue weighted by Gasteiger charge is -2.43. The maximum atomic E-state index is 12.2. The molecule has 3 aliphatic heterocycles. The van der Waals surface area contributed by atoms with Crippen LogP contribution in [0.25, 0.3) is 0 Å². The van der Waals surface area contributed by atoms with Gasteiger partial charge in [0.2, 0.25) is 0 Å². The largest absolute Gasteiger partial charge is 0.462 e. The van der Waals surface area contributed by atoms with Gasteiger partial charge < -0.3 is 23.7 Å². The Bertz CT molecular complexity index is 719. The number of rotatable bonds is 3. The number of carbonyl (C=O) groups is 1. The lowest BCUT2D eigenvalue weighted by Crippen LogP contribution is -2.53. The Balaban J connectivity index is 1.39. The Morgan fingerprint density at radius 1 is 1.11 bits per heavy atom. The number of hydrogen-bond donors (Lipinski definition) is 0. The summed E-state index contributed by atoms with van der Waals surface area (Å²) in [5.41, 5.74) is 1.14. The van der Waals surface area contributed by atoms with Crippen molar-refractivity contribution in [3.63, 3.8) is 0 Å². The van der Waals surface area contributed by atoms with E-state index in [1.54, 1.807) is 0 Å². The Morgan fingerprint density at radius 3 is 2.75 bits per heavy atom. The summed E-state index contributed by atoms with van der Waals surface area (Å²) in [7, 11) is 0. The van der Waals surface area contributed by atoms with E-state index in [1.807, 2.05) is 32.0 Å². The fourth-order valence-corrected chi connectivity index (χ4v) is 5.26. The van der Waals surface area contributed by atoms with Crippen molar-refractivity contribution in [2.45, 2.75) is 82.6 Å². The lowest BCUT2D eigenvalue weighted by atomic mass is 9.72. The van der Waals surface area contributed by atoms with Crippen LogP contribution in [0.2, 0.25) is 0 Å². The summed E-state index contributed by atoms with van der Waals surface area (Å²) in [5.74, 6) is -0.601. The van der Waals surface area contributed by atoms with Gasteiger partial charge in [-0.1, -0.05) is 30.3 Å². The van der Waals surface area contributed by atoms with E-state index in [0.29, 0.717) is 13.0 Å². The molecule has 0 unspecified atom stereocenters. The molecule has 3 saturated heterocycles. The Morgan fingerprint density at radius 2 is 1.93 bits per heavy atom. The van der Waals surface area contributed by atoms with Crippen LogP contribution in [0.5, 0.6) is 0 Å². The quantitative estimate of drug-likeness (QED) is 0.741. The van der Waals surface area contributed by atoms with Crippen LogP contribution in [0.4, 0.5) is 0 Å². The number of carbonyl (C=O) groups excluding carboxylic acids is 1. The molecule has 0 bridgehead atoms. The Hall–Kier alpha value is -1.47. The second-order valence-electron chi connectivity index (χ2n) is 8.82. The average molecular weight is 388 g/mol. The zero-order valence-corrected chi connectivity index (χ0v) is 16.4. The standard InChI is InChI=1S/C22H28O6/c1-22(2)27-20-17-18-14(9-6-10-16(23)25-18)11-15(19(17)26-21(20)28-22)24-12-13-7-4-3-5-8-13/h3-5,7-8,14-15,17-21H,6,9-12H2,1-2H3/t14-,15-,17+,18-,19+,20+,21+/m0/s1. The summed E-state index contributed by atoms with van der Waals surface area (Å²) in [4.78, 5) is 12.2. The molecular formula is C22H28O6. The zero-order chi connectivity index (χ0) is 19.3. The molecule has 28 heavy (non-hydrogen) atoms. The highest BCUT2D eigenvalue weighted by Gasteiger charge is 2.63. The van der Waals surface area contributed by atoms with Gasteiger partial charge in [-0.05, 0) is 44.6 Å². The molecule has 5 rings (SSSR count). The first-order chi connectivity index (χ1) is 13.5. The maximum absolute atomic E-state index is 12.2. The highest BCUT2D eigenvalue weighted by molar-refractivity contribution is 5.69. The van der Waals surface area contributed by atoms with Crippen LogP contribution in [-0.2, 0) is 35.1 Å². The molecule has 1 aromatic rings. The number of esters is 1. The molecule has 0 N–H and O–H groups in total. The minimum Gasteiger partial charge on any atom is -0.462 e. The van der Waals surface area contributed by atoms with Gasteiger partial charge in [0.05, 0.1) is 24.7 Å². The number of ether oxygens (including phenoxy) is 5. The highest BCUT2D eigenvalue weighted by Crippen LogP contribution is 2.50. The van der Waals surface area contributed by atoms with Gasteiger partial charge >= 0.3 is 5.97 Å². The second-order valence-corrected chi connectivity index (χ2v) is 8.82. The van der Waals surface area contributed by atoms with Crippen molar-refractivity contribution in [1.82, 2.24) is 0 Å². The van der Waals surface area contributed by atoms with Crippen LogP contribution < -0.4 is 0 Å². The molecular weight excluding hydrogens is 360 g/mol. The molecule has 1 aromatic carbocycles. The number of hydrogen-bond acceptors (Lipinski definition) is 6. The fraction of sp³-hybridized carbons (Fsp3) is 0.682. The predicted molar refractivity (Wildman–Crippen MR) is 99.0 cm³/mol. The molecule has 6 nitrogen and oxygen atoms in total. The second kappa shape index (κ2) is 7.10. The van der Waals surface area contributed by atoms with E-state index >= 15 is 0 Å². The first kappa shape index (κ1) is 18.6. The predicted octanol–water partition coefficient (Wildman–Crippen LogP) is 3.18. The van der Waals surface area contributed by atoms with Gasteiger partial charge in [-0.15, -0.1) is 0 Å². The van der Waals surface area contributed by atoms with E-state index in [9.17, 15) is 4.79 Å². The van der Waals surface area contributed by atoms with Gasteiger partial charge in [0.15, 0.2) is 12.1 Å². The van der Waals surface area contributed by atoms with E-state index in [-0.39, 0.29) is 42.2 Å². The summed E-state index contributed by atoms with van der Waals surface area (Å²) in [5, 5.41) is 0. The maximum Gasteiger partial charge on any atom is 0.306 e. The van der Waals surface area contributed by atoms with Crippen molar-refractivity contribution >= 4 is 5.97 Å². The third-order valence-electron chi connectivity index (χ3n) is 6.41. The van der Waals surface area contributed by atoms with Gasteiger partial charge in [-0.3, -0.25) is 4.79 Å². The topological polar surface area (TPSA) is 63.2 Å². The molecule has 6 heteroatoms. The summed E-state index contributed by atoms with van der Waals surface area (Å²) >= 11 is 0. The molecule has 1 saturated carbocycles. The average Bonchev–Trinajstić information content (AvgIpc) is 3.06. The van der Waals surface area contributed by atoms with E-state index in [2.05, 4.69) is 12.1 Å². The third-order valence-corrected chi connectivity index (χ3v) is 6.41. The van der Waals surface area contributed by atoms with E-state index in [4.69, 9.17) is 23.7 Å². The monoisotopic (exact) mass is 388 g/mol. The molecule has 0 amide bonds. The van der Waals surface area contributed by atoms with Crippen LogP contribution in [0.3, 0.4) is 0 Å². The SMILES string of the molecule is CC1(C)O[C@H]2O[C@H]3[C@@H]([C@H]4OC(=O)CCC[C@H]4C[C@@H]3OCc3ccccc3)[C@H]2O1. The van der Waals surface area contributed by atoms with Gasteiger partial charge in [0.25, 0.3) is 0 Å². The summed E-state index contributed by atoms with van der Waals surface area (Å²) in [6.45, 7) is 4.33. The molecule has 0 spiro atoms. The summed E-state index contributed by atoms with van der Waals surface area (Å²) < 4.78 is 30.7. The molecule has 3 heterocycles. The normalized spacial score (nSPS) is 41.5.